The second kappa shape index (κ2) is 17.3. The van der Waals surface area contributed by atoms with Gasteiger partial charge in [-0.15, -0.1) is 4.68 Å². The molecule has 0 saturated carbocycles. The van der Waals surface area contributed by atoms with Crippen LogP contribution in [0.25, 0.3) is 5.69 Å². The van der Waals surface area contributed by atoms with Gasteiger partial charge in [-0.05, 0) is 95.1 Å². The standard InChI is InChI=1S/C43H53F2N8O6/c1-6-39(30(2)54)53-41(56)52(28-47-53)35-10-8-33(9-11-35)49-17-19-50(20-18-49)34-12-14-36(15-13-34)57-24-31-22-43(58-25-31,37-16-7-32(44)21-38(37)45)26-51-29-48(27-46-51)23-40(55)59-42(3,4)5/h7-16,21,27-31,39,54H,6,17-20,22-26H2,1-5H3/q+1/t30-,31+,39-,43-/m0/s1. The minimum absolute atomic E-state index is 0.0386. The van der Waals surface area contributed by atoms with E-state index >= 15 is 4.39 Å². The van der Waals surface area contributed by atoms with Crippen molar-refractivity contribution < 1.29 is 37.5 Å². The van der Waals surface area contributed by atoms with Crippen molar-refractivity contribution in [1.29, 1.82) is 0 Å². The second-order valence-electron chi connectivity index (χ2n) is 16.4. The summed E-state index contributed by atoms with van der Waals surface area (Å²) in [6.07, 6.45) is 4.96. The van der Waals surface area contributed by atoms with E-state index in [1.165, 1.54) is 34.0 Å². The van der Waals surface area contributed by atoms with Gasteiger partial charge in [0.1, 0.15) is 41.5 Å². The maximum Gasteiger partial charge on any atom is 0.350 e. The number of aliphatic hydroxyl groups is 1. The first-order chi connectivity index (χ1) is 28.2. The third-order valence-corrected chi connectivity index (χ3v) is 10.9. The third kappa shape index (κ3) is 9.65. The molecule has 2 aliphatic rings. The zero-order valence-electron chi connectivity index (χ0n) is 34.2. The topological polar surface area (TPSA) is 133 Å². The van der Waals surface area contributed by atoms with Gasteiger partial charge in [0.15, 0.2) is 6.54 Å². The molecule has 0 bridgehead atoms. The highest BCUT2D eigenvalue weighted by Crippen LogP contribution is 2.42. The zero-order chi connectivity index (χ0) is 41.9. The number of nitrogens with zero attached hydrogens (tertiary/aromatic N) is 8. The SMILES string of the molecule is CC[C@@H]([C@H](C)O)n1ncn(-c2ccc(N3CCN(c4ccc(OC[C@@H]5CO[C@@](Cn6c[n+](CC(=O)OC(C)(C)C)cn6)(c6ccc(F)cc6F)C5)cc4)CC3)cc2)c1=O. The Morgan fingerprint density at radius 3 is 2.24 bits per heavy atom. The van der Waals surface area contributed by atoms with Crippen molar-refractivity contribution in [2.45, 2.75) is 83.9 Å². The van der Waals surface area contributed by atoms with Gasteiger partial charge in [-0.3, -0.25) is 0 Å². The number of hydrogen-bond acceptors (Lipinski definition) is 10. The lowest BCUT2D eigenvalue weighted by atomic mass is 9.87. The number of carbonyl (C=O) groups is 1. The Hall–Kier alpha value is -5.61. The molecular weight excluding hydrogens is 763 g/mol. The number of aromatic nitrogens is 6. The van der Waals surface area contributed by atoms with E-state index in [0.29, 0.717) is 37.5 Å². The summed E-state index contributed by atoms with van der Waals surface area (Å²) in [5.74, 6) is -1.17. The van der Waals surface area contributed by atoms with Crippen molar-refractivity contribution in [3.05, 3.63) is 113 Å². The number of esters is 1. The summed E-state index contributed by atoms with van der Waals surface area (Å²) in [7, 11) is 0. The van der Waals surface area contributed by atoms with Gasteiger partial charge in [0, 0.05) is 60.2 Å². The van der Waals surface area contributed by atoms with Gasteiger partial charge >= 0.3 is 11.7 Å². The predicted octanol–water partition coefficient (Wildman–Crippen LogP) is 4.81. The summed E-state index contributed by atoms with van der Waals surface area (Å²) in [6.45, 7) is 13.0. The first-order valence-electron chi connectivity index (χ1n) is 20.1. The smallest absolute Gasteiger partial charge is 0.350 e. The van der Waals surface area contributed by atoms with E-state index in [1.807, 2.05) is 55.5 Å². The summed E-state index contributed by atoms with van der Waals surface area (Å²) in [5, 5.41) is 18.7. The largest absolute Gasteiger partial charge is 0.493 e. The Labute approximate surface area is 342 Å². The predicted molar refractivity (Wildman–Crippen MR) is 216 cm³/mol. The van der Waals surface area contributed by atoms with Gasteiger partial charge in [0.2, 0.25) is 6.33 Å². The van der Waals surface area contributed by atoms with Crippen LogP contribution >= 0.6 is 0 Å². The van der Waals surface area contributed by atoms with E-state index in [1.54, 1.807) is 43.3 Å². The molecule has 2 aliphatic heterocycles. The van der Waals surface area contributed by atoms with Gasteiger partial charge in [-0.2, -0.15) is 5.10 Å². The Morgan fingerprint density at radius 2 is 1.63 bits per heavy atom. The van der Waals surface area contributed by atoms with Gasteiger partial charge in [0.05, 0.1) is 31.0 Å². The van der Waals surface area contributed by atoms with Crippen molar-refractivity contribution in [3.63, 3.8) is 0 Å². The van der Waals surface area contributed by atoms with Crippen molar-refractivity contribution >= 4 is 17.3 Å². The molecule has 14 nitrogen and oxygen atoms in total. The Bertz CT molecular complexity index is 2260. The number of hydrogen-bond donors (Lipinski definition) is 1. The molecular formula is C43H53F2N8O6+. The number of anilines is 2. The number of ether oxygens (including phenoxy) is 3. The highest BCUT2D eigenvalue weighted by molar-refractivity contribution is 5.68. The van der Waals surface area contributed by atoms with Gasteiger partial charge in [-0.1, -0.05) is 13.0 Å². The van der Waals surface area contributed by atoms with Crippen LogP contribution in [0.1, 0.15) is 59.1 Å². The molecule has 314 valence electrons. The molecule has 2 saturated heterocycles. The number of halogens is 2. The van der Waals surface area contributed by atoms with E-state index in [9.17, 15) is 19.1 Å². The van der Waals surface area contributed by atoms with Crippen molar-refractivity contribution in [3.8, 4) is 11.4 Å². The van der Waals surface area contributed by atoms with Crippen LogP contribution in [-0.4, -0.2) is 86.3 Å². The van der Waals surface area contributed by atoms with Gasteiger partial charge < -0.3 is 29.1 Å². The number of carbonyl (C=O) groups excluding carboxylic acids is 1. The Kier molecular flexibility index (Phi) is 12.2. The lowest BCUT2D eigenvalue weighted by molar-refractivity contribution is -0.687. The normalized spacial score (nSPS) is 19.5. The van der Waals surface area contributed by atoms with Crippen LogP contribution in [0.3, 0.4) is 0 Å². The molecule has 0 aliphatic carbocycles. The van der Waals surface area contributed by atoms with E-state index in [4.69, 9.17) is 14.2 Å². The van der Waals surface area contributed by atoms with E-state index in [2.05, 4.69) is 20.0 Å². The third-order valence-electron chi connectivity index (χ3n) is 10.9. The molecule has 4 heterocycles. The van der Waals surface area contributed by atoms with Crippen molar-refractivity contribution in [2.75, 3.05) is 49.2 Å². The lowest BCUT2D eigenvalue weighted by Gasteiger charge is -2.37. The van der Waals surface area contributed by atoms with E-state index in [-0.39, 0.29) is 36.3 Å². The van der Waals surface area contributed by atoms with Crippen LogP contribution in [0.4, 0.5) is 20.2 Å². The molecule has 59 heavy (non-hydrogen) atoms. The molecule has 0 radical (unpaired) electrons. The van der Waals surface area contributed by atoms with Crippen LogP contribution in [0.15, 0.2) is 90.5 Å². The number of aliphatic hydroxyl groups excluding tert-OH is 1. The molecule has 2 fully saturated rings. The van der Waals surface area contributed by atoms with Crippen LogP contribution in [0.5, 0.6) is 5.75 Å². The minimum atomic E-state index is -1.14. The summed E-state index contributed by atoms with van der Waals surface area (Å²) < 4.78 is 53.3. The van der Waals surface area contributed by atoms with Gasteiger partial charge in [0.25, 0.3) is 6.33 Å². The first kappa shape index (κ1) is 41.5. The zero-order valence-corrected chi connectivity index (χ0v) is 34.2. The fraction of sp³-hybridized carbons (Fsp3) is 0.465. The summed E-state index contributed by atoms with van der Waals surface area (Å²) in [5.41, 5.74) is 1.06. The van der Waals surface area contributed by atoms with Crippen LogP contribution < -0.4 is 24.8 Å². The summed E-state index contributed by atoms with van der Waals surface area (Å²) in [6, 6.07) is 19.0. The lowest BCUT2D eigenvalue weighted by Crippen LogP contribution is -2.46. The molecule has 1 N–H and O–H groups in total. The molecule has 5 aromatic rings. The molecule has 7 rings (SSSR count). The quantitative estimate of drug-likeness (QED) is 0.123. The van der Waals surface area contributed by atoms with E-state index in [0.717, 1.165) is 43.6 Å². The summed E-state index contributed by atoms with van der Waals surface area (Å²) in [4.78, 5) is 30.1. The monoisotopic (exact) mass is 815 g/mol. The maximum atomic E-state index is 15.3. The van der Waals surface area contributed by atoms with Crippen molar-refractivity contribution in [2.24, 2.45) is 5.92 Å². The highest BCUT2D eigenvalue weighted by Gasteiger charge is 2.46. The Morgan fingerprint density at radius 1 is 0.983 bits per heavy atom. The molecule has 16 heteroatoms. The maximum absolute atomic E-state index is 15.3. The highest BCUT2D eigenvalue weighted by atomic mass is 19.1. The van der Waals surface area contributed by atoms with Crippen LogP contribution in [-0.2, 0) is 33.0 Å². The van der Waals surface area contributed by atoms with Crippen molar-refractivity contribution in [1.82, 2.24) is 24.1 Å². The Balaban J connectivity index is 0.930. The number of rotatable bonds is 14. The fourth-order valence-corrected chi connectivity index (χ4v) is 7.98. The van der Waals surface area contributed by atoms with Crippen LogP contribution in [0.2, 0.25) is 0 Å². The molecule has 2 aromatic heterocycles. The average Bonchev–Trinajstić information content (AvgIpc) is 3.93. The molecule has 0 unspecified atom stereocenters. The minimum Gasteiger partial charge on any atom is -0.493 e. The molecule has 0 amide bonds. The molecule has 0 spiro atoms. The fourth-order valence-electron chi connectivity index (χ4n) is 7.98. The molecule has 3 aromatic carbocycles. The number of piperazine rings is 1. The van der Waals surface area contributed by atoms with Crippen LogP contribution in [0, 0.1) is 17.6 Å². The average molecular weight is 816 g/mol. The van der Waals surface area contributed by atoms with E-state index < -0.39 is 34.9 Å². The summed E-state index contributed by atoms with van der Waals surface area (Å²) >= 11 is 0. The second-order valence-corrected chi connectivity index (χ2v) is 16.4. The number of benzene rings is 3. The molecule has 4 atom stereocenters. The van der Waals surface area contributed by atoms with Gasteiger partial charge in [-0.25, -0.2) is 32.2 Å². The first-order valence-corrected chi connectivity index (χ1v) is 20.1.